The Morgan fingerprint density at radius 1 is 1.16 bits per heavy atom. The van der Waals surface area contributed by atoms with Crippen LogP contribution in [0.5, 0.6) is 0 Å². The van der Waals surface area contributed by atoms with Crippen molar-refractivity contribution in [3.63, 3.8) is 0 Å². The zero-order valence-electron chi connectivity index (χ0n) is 11.1. The smallest absolute Gasteiger partial charge is 0.185 e. The molecular formula is C14H20FNO2S. The van der Waals surface area contributed by atoms with Crippen molar-refractivity contribution in [3.8, 4) is 0 Å². The summed E-state index contributed by atoms with van der Waals surface area (Å²) < 4.78 is 39.1. The third-order valence-electron chi connectivity index (χ3n) is 3.87. The van der Waals surface area contributed by atoms with E-state index >= 15 is 0 Å². The number of benzene rings is 1. The first-order valence-corrected chi connectivity index (χ1v) is 8.27. The summed E-state index contributed by atoms with van der Waals surface area (Å²) in [4.78, 5) is -0.165. The predicted molar refractivity (Wildman–Crippen MR) is 73.3 cm³/mol. The quantitative estimate of drug-likeness (QED) is 0.868. The molecule has 1 aromatic rings. The third-order valence-corrected chi connectivity index (χ3v) is 6.17. The van der Waals surface area contributed by atoms with Crippen molar-refractivity contribution in [2.75, 3.05) is 7.05 Å². The van der Waals surface area contributed by atoms with Crippen LogP contribution in [-0.2, 0) is 9.84 Å². The van der Waals surface area contributed by atoms with E-state index in [2.05, 4.69) is 5.32 Å². The summed E-state index contributed by atoms with van der Waals surface area (Å²) in [6.07, 6.45) is 4.38. The van der Waals surface area contributed by atoms with Gasteiger partial charge in [-0.3, -0.25) is 0 Å². The first-order valence-electron chi connectivity index (χ1n) is 6.73. The van der Waals surface area contributed by atoms with Crippen molar-refractivity contribution in [1.82, 2.24) is 5.32 Å². The molecule has 19 heavy (non-hydrogen) atoms. The molecule has 2 unspecified atom stereocenters. The van der Waals surface area contributed by atoms with Gasteiger partial charge in [0.2, 0.25) is 0 Å². The van der Waals surface area contributed by atoms with Gasteiger partial charge in [-0.1, -0.05) is 31.4 Å². The molecule has 2 atom stereocenters. The van der Waals surface area contributed by atoms with Crippen molar-refractivity contribution < 1.29 is 12.8 Å². The van der Waals surface area contributed by atoms with E-state index in [9.17, 15) is 12.8 Å². The van der Waals surface area contributed by atoms with Crippen LogP contribution in [0.15, 0.2) is 29.2 Å². The third kappa shape index (κ3) is 2.98. The second kappa shape index (κ2) is 6.01. The molecule has 0 radical (unpaired) electrons. The van der Waals surface area contributed by atoms with E-state index in [1.165, 1.54) is 18.2 Å². The van der Waals surface area contributed by atoms with Crippen LogP contribution in [0.3, 0.4) is 0 Å². The fourth-order valence-electron chi connectivity index (χ4n) is 2.81. The Morgan fingerprint density at radius 3 is 2.53 bits per heavy atom. The first-order chi connectivity index (χ1) is 9.07. The minimum atomic E-state index is -3.61. The average Bonchev–Trinajstić information content (AvgIpc) is 2.64. The van der Waals surface area contributed by atoms with Crippen LogP contribution in [0, 0.1) is 5.82 Å². The molecule has 1 aliphatic carbocycles. The molecule has 0 saturated heterocycles. The van der Waals surface area contributed by atoms with Crippen LogP contribution in [-0.4, -0.2) is 26.8 Å². The van der Waals surface area contributed by atoms with E-state index in [0.29, 0.717) is 6.42 Å². The predicted octanol–water partition coefficient (Wildman–Crippen LogP) is 2.52. The van der Waals surface area contributed by atoms with Crippen LogP contribution in [0.1, 0.15) is 32.1 Å². The molecule has 106 valence electrons. The zero-order chi connectivity index (χ0) is 13.9. The number of halogens is 1. The lowest BCUT2D eigenvalue weighted by molar-refractivity contribution is 0.476. The van der Waals surface area contributed by atoms with E-state index in [-0.39, 0.29) is 10.9 Å². The van der Waals surface area contributed by atoms with Gasteiger partial charge < -0.3 is 5.32 Å². The highest BCUT2D eigenvalue weighted by molar-refractivity contribution is 7.92. The van der Waals surface area contributed by atoms with Crippen molar-refractivity contribution in [1.29, 1.82) is 0 Å². The Balaban J connectivity index is 2.39. The largest absolute Gasteiger partial charge is 0.316 e. The van der Waals surface area contributed by atoms with Gasteiger partial charge in [-0.05, 0) is 32.0 Å². The molecule has 0 aromatic heterocycles. The fraction of sp³-hybridized carbons (Fsp3) is 0.571. The van der Waals surface area contributed by atoms with Crippen LogP contribution in [0.2, 0.25) is 0 Å². The van der Waals surface area contributed by atoms with Crippen LogP contribution in [0.25, 0.3) is 0 Å². The Hall–Kier alpha value is -0.940. The summed E-state index contributed by atoms with van der Waals surface area (Å²) in [5.41, 5.74) is 0. The summed E-state index contributed by atoms with van der Waals surface area (Å²) in [7, 11) is -1.84. The normalized spacial score (nSPS) is 24.9. The molecule has 0 amide bonds. The maximum Gasteiger partial charge on any atom is 0.185 e. The molecule has 1 aliphatic rings. The number of hydrogen-bond donors (Lipinski definition) is 1. The summed E-state index contributed by atoms with van der Waals surface area (Å²) in [6.45, 7) is 0. The Kier molecular flexibility index (Phi) is 4.58. The Morgan fingerprint density at radius 2 is 1.84 bits per heavy atom. The maximum absolute atomic E-state index is 13.8. The molecule has 1 saturated carbocycles. The van der Waals surface area contributed by atoms with Crippen molar-refractivity contribution in [2.24, 2.45) is 0 Å². The topological polar surface area (TPSA) is 46.2 Å². The number of rotatable bonds is 3. The molecule has 2 rings (SSSR count). The summed E-state index contributed by atoms with van der Waals surface area (Å²) >= 11 is 0. The molecule has 3 nitrogen and oxygen atoms in total. The Labute approximate surface area is 114 Å². The van der Waals surface area contributed by atoms with Gasteiger partial charge in [0, 0.05) is 6.04 Å². The minimum absolute atomic E-state index is 0.0906. The zero-order valence-corrected chi connectivity index (χ0v) is 11.9. The molecule has 1 N–H and O–H groups in total. The van der Waals surface area contributed by atoms with Gasteiger partial charge in [-0.2, -0.15) is 0 Å². The highest BCUT2D eigenvalue weighted by Gasteiger charge is 2.36. The highest BCUT2D eigenvalue weighted by Crippen LogP contribution is 2.29. The molecule has 1 fully saturated rings. The summed E-state index contributed by atoms with van der Waals surface area (Å²) in [5, 5.41) is 2.56. The standard InChI is InChI=1S/C14H20FNO2S/c1-16-12-8-3-2-4-10-14(12)19(17,18)13-9-6-5-7-11(13)15/h5-7,9,12,14,16H,2-4,8,10H2,1H3. The number of hydrogen-bond acceptors (Lipinski definition) is 3. The van der Waals surface area contributed by atoms with E-state index in [1.807, 2.05) is 0 Å². The van der Waals surface area contributed by atoms with E-state index in [0.717, 1.165) is 25.7 Å². The fourth-order valence-corrected chi connectivity index (χ4v) is 4.93. The van der Waals surface area contributed by atoms with Gasteiger partial charge in [0.15, 0.2) is 9.84 Å². The lowest BCUT2D eigenvalue weighted by atomic mass is 10.1. The number of nitrogens with one attached hydrogen (secondary N) is 1. The second-order valence-corrected chi connectivity index (χ2v) is 7.18. The van der Waals surface area contributed by atoms with Gasteiger partial charge >= 0.3 is 0 Å². The molecular weight excluding hydrogens is 265 g/mol. The second-order valence-electron chi connectivity index (χ2n) is 5.05. The molecule has 0 heterocycles. The van der Waals surface area contributed by atoms with E-state index in [4.69, 9.17) is 0 Å². The molecule has 5 heteroatoms. The first kappa shape index (κ1) is 14.5. The van der Waals surface area contributed by atoms with Crippen LogP contribution in [0.4, 0.5) is 4.39 Å². The average molecular weight is 285 g/mol. The van der Waals surface area contributed by atoms with Crippen LogP contribution < -0.4 is 5.32 Å². The number of sulfone groups is 1. The SMILES string of the molecule is CNC1CCCCCC1S(=O)(=O)c1ccccc1F. The van der Waals surface area contributed by atoms with Crippen LogP contribution >= 0.6 is 0 Å². The Bertz CT molecular complexity index is 530. The maximum atomic E-state index is 13.8. The minimum Gasteiger partial charge on any atom is -0.316 e. The van der Waals surface area contributed by atoms with Gasteiger partial charge in [0.1, 0.15) is 10.7 Å². The van der Waals surface area contributed by atoms with E-state index in [1.54, 1.807) is 13.1 Å². The van der Waals surface area contributed by atoms with Crippen molar-refractivity contribution in [3.05, 3.63) is 30.1 Å². The molecule has 0 bridgehead atoms. The van der Waals surface area contributed by atoms with E-state index < -0.39 is 20.9 Å². The molecule has 0 aliphatic heterocycles. The lowest BCUT2D eigenvalue weighted by Gasteiger charge is -2.24. The monoisotopic (exact) mass is 285 g/mol. The van der Waals surface area contributed by atoms with Gasteiger partial charge in [0.05, 0.1) is 5.25 Å². The summed E-state index contributed by atoms with van der Waals surface area (Å²) in [5.74, 6) is -0.651. The van der Waals surface area contributed by atoms with Crippen molar-refractivity contribution in [2.45, 2.75) is 48.3 Å². The highest BCUT2D eigenvalue weighted by atomic mass is 32.2. The lowest BCUT2D eigenvalue weighted by Crippen LogP contribution is -2.42. The van der Waals surface area contributed by atoms with Gasteiger partial charge in [0.25, 0.3) is 0 Å². The molecule has 0 spiro atoms. The van der Waals surface area contributed by atoms with Gasteiger partial charge in [-0.15, -0.1) is 0 Å². The van der Waals surface area contributed by atoms with Crippen molar-refractivity contribution >= 4 is 9.84 Å². The summed E-state index contributed by atoms with van der Waals surface area (Å²) in [6, 6.07) is 5.56. The van der Waals surface area contributed by atoms with Gasteiger partial charge in [-0.25, -0.2) is 12.8 Å². The molecule has 1 aromatic carbocycles.